The third-order valence-electron chi connectivity index (χ3n) is 3.37. The number of benzene rings is 1. The second-order valence-corrected chi connectivity index (χ2v) is 4.91. The zero-order valence-electron chi connectivity index (χ0n) is 11.7. The number of unbranched alkanes of at least 4 members (excludes halogenated alkanes) is 6. The average Bonchev–Trinajstić information content (AvgIpc) is 2.46. The van der Waals surface area contributed by atoms with Crippen LogP contribution in [0.2, 0.25) is 0 Å². The molecule has 0 aromatic heterocycles. The number of carbonyl (C=O) groups excluding carboxylic acids is 1. The quantitative estimate of drug-likeness (QED) is 0.402. The van der Waals surface area contributed by atoms with Gasteiger partial charge in [-0.25, -0.2) is 4.79 Å². The van der Waals surface area contributed by atoms with Crippen molar-refractivity contribution >= 4 is 5.97 Å². The maximum Gasteiger partial charge on any atom is 0.373 e. The third-order valence-corrected chi connectivity index (χ3v) is 3.37. The molecule has 0 aliphatic rings. The first-order valence-electron chi connectivity index (χ1n) is 7.23. The smallest absolute Gasteiger partial charge is 0.295 e. The summed E-state index contributed by atoms with van der Waals surface area (Å²) < 4.78 is 0. The van der Waals surface area contributed by atoms with Crippen molar-refractivity contribution in [3.8, 4) is 0 Å². The molecule has 1 aromatic carbocycles. The van der Waals surface area contributed by atoms with E-state index in [1.165, 1.54) is 38.5 Å². The highest BCUT2D eigenvalue weighted by molar-refractivity contribution is 5.90. The second kappa shape index (κ2) is 9.56. The Morgan fingerprint density at radius 3 is 2.37 bits per heavy atom. The zero-order valence-corrected chi connectivity index (χ0v) is 11.7. The van der Waals surface area contributed by atoms with Crippen molar-refractivity contribution in [3.63, 3.8) is 0 Å². The van der Waals surface area contributed by atoms with Crippen LogP contribution in [0.25, 0.3) is 0 Å². The van der Waals surface area contributed by atoms with E-state index < -0.39 is 5.97 Å². The van der Waals surface area contributed by atoms with Crippen molar-refractivity contribution in [2.24, 2.45) is 0 Å². The van der Waals surface area contributed by atoms with Gasteiger partial charge in [-0.3, -0.25) is 4.89 Å². The van der Waals surface area contributed by atoms with Crippen LogP contribution in [0.1, 0.15) is 67.8 Å². The topological polar surface area (TPSA) is 46.5 Å². The first-order valence-corrected chi connectivity index (χ1v) is 7.23. The van der Waals surface area contributed by atoms with E-state index in [1.807, 2.05) is 12.1 Å². The number of hydrogen-bond donors (Lipinski definition) is 1. The molecular formula is C16H24O3. The van der Waals surface area contributed by atoms with Crippen molar-refractivity contribution in [1.29, 1.82) is 0 Å². The number of aryl methyl sites for hydroxylation is 1. The van der Waals surface area contributed by atoms with Crippen molar-refractivity contribution in [2.45, 2.75) is 58.3 Å². The maximum atomic E-state index is 11.4. The van der Waals surface area contributed by atoms with Crippen molar-refractivity contribution in [3.05, 3.63) is 35.4 Å². The Morgan fingerprint density at radius 2 is 1.68 bits per heavy atom. The zero-order chi connectivity index (χ0) is 13.9. The van der Waals surface area contributed by atoms with E-state index in [0.29, 0.717) is 5.56 Å². The highest BCUT2D eigenvalue weighted by Gasteiger charge is 2.11. The molecule has 0 spiro atoms. The molecule has 0 saturated carbocycles. The van der Waals surface area contributed by atoms with Gasteiger partial charge >= 0.3 is 5.97 Å². The largest absolute Gasteiger partial charge is 0.373 e. The van der Waals surface area contributed by atoms with E-state index in [1.54, 1.807) is 12.1 Å². The van der Waals surface area contributed by atoms with Crippen LogP contribution in [0.5, 0.6) is 0 Å². The van der Waals surface area contributed by atoms with Crippen LogP contribution in [-0.2, 0) is 11.3 Å². The molecule has 0 bridgehead atoms. The molecule has 0 unspecified atom stereocenters. The lowest BCUT2D eigenvalue weighted by Crippen LogP contribution is -2.05. The van der Waals surface area contributed by atoms with Gasteiger partial charge in [-0.1, -0.05) is 63.6 Å². The van der Waals surface area contributed by atoms with E-state index in [4.69, 9.17) is 5.26 Å². The summed E-state index contributed by atoms with van der Waals surface area (Å²) in [6, 6.07) is 7.30. The molecular weight excluding hydrogens is 240 g/mol. The lowest BCUT2D eigenvalue weighted by molar-refractivity contribution is -0.182. The Hall–Kier alpha value is -1.35. The Labute approximate surface area is 115 Å². The van der Waals surface area contributed by atoms with Crippen LogP contribution in [0.4, 0.5) is 0 Å². The fraction of sp³-hybridized carbons (Fsp3) is 0.562. The summed E-state index contributed by atoms with van der Waals surface area (Å²) in [5, 5.41) is 8.46. The van der Waals surface area contributed by atoms with E-state index in [0.717, 1.165) is 18.4 Å². The summed E-state index contributed by atoms with van der Waals surface area (Å²) in [5.74, 6) is -0.668. The van der Waals surface area contributed by atoms with Gasteiger partial charge in [-0.05, 0) is 24.5 Å². The van der Waals surface area contributed by atoms with Gasteiger partial charge in [0.05, 0.1) is 5.56 Å². The standard InChI is InChI=1S/C16H24O3/c1-2-3-4-5-6-7-8-11-14-12-9-10-13-15(14)16(17)19-18/h9-10,12-13,18H,2-8,11H2,1H3. The second-order valence-electron chi connectivity index (χ2n) is 4.91. The fourth-order valence-corrected chi connectivity index (χ4v) is 2.26. The lowest BCUT2D eigenvalue weighted by Gasteiger charge is -2.06. The SMILES string of the molecule is CCCCCCCCCc1ccccc1C(=O)OO. The lowest BCUT2D eigenvalue weighted by atomic mass is 10.0. The van der Waals surface area contributed by atoms with Crippen LogP contribution in [0.3, 0.4) is 0 Å². The van der Waals surface area contributed by atoms with Gasteiger partial charge in [0.15, 0.2) is 0 Å². The van der Waals surface area contributed by atoms with Gasteiger partial charge in [0.2, 0.25) is 0 Å². The predicted molar refractivity (Wildman–Crippen MR) is 76.2 cm³/mol. The fourth-order valence-electron chi connectivity index (χ4n) is 2.26. The van der Waals surface area contributed by atoms with E-state index >= 15 is 0 Å². The average molecular weight is 264 g/mol. The van der Waals surface area contributed by atoms with Gasteiger partial charge in [-0.2, -0.15) is 5.26 Å². The first-order chi connectivity index (χ1) is 9.29. The minimum Gasteiger partial charge on any atom is -0.295 e. The maximum absolute atomic E-state index is 11.4. The van der Waals surface area contributed by atoms with Crippen molar-refractivity contribution < 1.29 is 14.9 Å². The number of rotatable bonds is 9. The van der Waals surface area contributed by atoms with Crippen LogP contribution >= 0.6 is 0 Å². The van der Waals surface area contributed by atoms with E-state index in [-0.39, 0.29) is 0 Å². The highest BCUT2D eigenvalue weighted by Crippen LogP contribution is 2.15. The predicted octanol–water partition coefficient (Wildman–Crippen LogP) is 4.61. The highest BCUT2D eigenvalue weighted by atomic mass is 17.1. The molecule has 0 heterocycles. The monoisotopic (exact) mass is 264 g/mol. The summed E-state index contributed by atoms with van der Waals surface area (Å²) in [5.41, 5.74) is 1.42. The van der Waals surface area contributed by atoms with Crippen molar-refractivity contribution in [2.75, 3.05) is 0 Å². The van der Waals surface area contributed by atoms with Gasteiger partial charge in [-0.15, -0.1) is 0 Å². The molecule has 3 nitrogen and oxygen atoms in total. The molecule has 1 N–H and O–H groups in total. The van der Waals surface area contributed by atoms with Gasteiger partial charge in [0.25, 0.3) is 0 Å². The molecule has 0 aliphatic heterocycles. The number of carbonyl (C=O) groups is 1. The Balaban J connectivity index is 2.31. The minimum atomic E-state index is -0.668. The van der Waals surface area contributed by atoms with Crippen LogP contribution < -0.4 is 0 Å². The molecule has 0 fully saturated rings. The summed E-state index contributed by atoms with van der Waals surface area (Å²) in [7, 11) is 0. The molecule has 1 rings (SSSR count). The molecule has 19 heavy (non-hydrogen) atoms. The molecule has 1 aromatic rings. The van der Waals surface area contributed by atoms with Gasteiger partial charge < -0.3 is 0 Å². The summed E-state index contributed by atoms with van der Waals surface area (Å²) in [6.45, 7) is 2.22. The Bertz CT molecular complexity index is 374. The molecule has 3 heteroatoms. The molecule has 0 saturated heterocycles. The van der Waals surface area contributed by atoms with Gasteiger partial charge in [0, 0.05) is 0 Å². The van der Waals surface area contributed by atoms with Crippen LogP contribution in [-0.4, -0.2) is 11.2 Å². The summed E-state index contributed by atoms with van der Waals surface area (Å²) in [4.78, 5) is 15.2. The molecule has 0 atom stereocenters. The molecule has 0 aliphatic carbocycles. The van der Waals surface area contributed by atoms with E-state index in [2.05, 4.69) is 11.8 Å². The molecule has 0 amide bonds. The molecule has 0 radical (unpaired) electrons. The summed E-state index contributed by atoms with van der Waals surface area (Å²) in [6.07, 6.45) is 9.60. The minimum absolute atomic E-state index is 0.469. The Morgan fingerprint density at radius 1 is 1.05 bits per heavy atom. The summed E-state index contributed by atoms with van der Waals surface area (Å²) >= 11 is 0. The van der Waals surface area contributed by atoms with E-state index in [9.17, 15) is 4.79 Å². The normalized spacial score (nSPS) is 10.4. The molecule has 106 valence electrons. The van der Waals surface area contributed by atoms with Crippen molar-refractivity contribution in [1.82, 2.24) is 0 Å². The Kier molecular flexibility index (Phi) is 7.91. The van der Waals surface area contributed by atoms with Crippen LogP contribution in [0.15, 0.2) is 24.3 Å². The first kappa shape index (κ1) is 15.7. The van der Waals surface area contributed by atoms with Crippen LogP contribution in [0, 0.1) is 0 Å². The van der Waals surface area contributed by atoms with Gasteiger partial charge in [0.1, 0.15) is 0 Å². The number of hydrogen-bond acceptors (Lipinski definition) is 3. The third kappa shape index (κ3) is 5.88.